The number of hydrogen-bond donors (Lipinski definition) is 1. The third-order valence-corrected chi connectivity index (χ3v) is 2.78. The summed E-state index contributed by atoms with van der Waals surface area (Å²) >= 11 is 6.04. The molecule has 94 valence electrons. The van der Waals surface area contributed by atoms with Crippen LogP contribution < -0.4 is 10.5 Å². The Balaban J connectivity index is 2.11. The standard InChI is InChI=1S/C13H14ClN3O/c1-9-6-11(7-15)17-13(16-9)18-8-10-4-2-3-5-12(10)14/h2-6H,7-8,15H2,1H3. The summed E-state index contributed by atoms with van der Waals surface area (Å²) in [7, 11) is 0. The SMILES string of the molecule is Cc1cc(CN)nc(OCc2ccccc2Cl)n1. The minimum absolute atomic E-state index is 0.329. The Morgan fingerprint density at radius 2 is 2.06 bits per heavy atom. The van der Waals surface area contributed by atoms with Crippen LogP contribution in [-0.2, 0) is 13.2 Å². The number of rotatable bonds is 4. The minimum atomic E-state index is 0.329. The summed E-state index contributed by atoms with van der Waals surface area (Å²) < 4.78 is 5.53. The lowest BCUT2D eigenvalue weighted by Crippen LogP contribution is -2.06. The van der Waals surface area contributed by atoms with Gasteiger partial charge in [-0.15, -0.1) is 0 Å². The molecule has 1 aromatic heterocycles. The molecule has 0 aliphatic rings. The first-order valence-electron chi connectivity index (χ1n) is 5.60. The maximum absolute atomic E-state index is 6.04. The van der Waals surface area contributed by atoms with E-state index in [2.05, 4.69) is 9.97 Å². The van der Waals surface area contributed by atoms with E-state index < -0.39 is 0 Å². The van der Waals surface area contributed by atoms with Crippen LogP contribution >= 0.6 is 11.6 Å². The van der Waals surface area contributed by atoms with Crippen molar-refractivity contribution in [1.82, 2.24) is 9.97 Å². The Labute approximate surface area is 111 Å². The average Bonchev–Trinajstić information content (AvgIpc) is 2.37. The maximum Gasteiger partial charge on any atom is 0.317 e. The number of aromatic nitrogens is 2. The zero-order valence-electron chi connectivity index (χ0n) is 10.1. The largest absolute Gasteiger partial charge is 0.459 e. The van der Waals surface area contributed by atoms with Crippen molar-refractivity contribution in [3.8, 4) is 6.01 Å². The lowest BCUT2D eigenvalue weighted by Gasteiger charge is -2.07. The van der Waals surface area contributed by atoms with Crippen LogP contribution in [0.5, 0.6) is 6.01 Å². The number of ether oxygens (including phenoxy) is 1. The van der Waals surface area contributed by atoms with Crippen molar-refractivity contribution in [2.75, 3.05) is 0 Å². The van der Waals surface area contributed by atoms with Gasteiger partial charge in [0.05, 0.1) is 5.69 Å². The van der Waals surface area contributed by atoms with Gasteiger partial charge in [0, 0.05) is 22.8 Å². The normalized spacial score (nSPS) is 10.4. The molecule has 2 rings (SSSR count). The molecule has 1 heterocycles. The van der Waals surface area contributed by atoms with E-state index >= 15 is 0 Å². The highest BCUT2D eigenvalue weighted by Gasteiger charge is 2.04. The first-order valence-corrected chi connectivity index (χ1v) is 5.97. The van der Waals surface area contributed by atoms with Crippen LogP contribution in [0.3, 0.4) is 0 Å². The van der Waals surface area contributed by atoms with E-state index in [0.29, 0.717) is 24.2 Å². The molecule has 1 aromatic carbocycles. The van der Waals surface area contributed by atoms with Crippen molar-refractivity contribution in [2.24, 2.45) is 5.73 Å². The lowest BCUT2D eigenvalue weighted by molar-refractivity contribution is 0.279. The Morgan fingerprint density at radius 3 is 2.78 bits per heavy atom. The number of nitrogens with two attached hydrogens (primary N) is 1. The number of halogens is 1. The fourth-order valence-electron chi connectivity index (χ4n) is 1.53. The van der Waals surface area contributed by atoms with Gasteiger partial charge >= 0.3 is 6.01 Å². The highest BCUT2D eigenvalue weighted by Crippen LogP contribution is 2.17. The van der Waals surface area contributed by atoms with Crippen LogP contribution in [0.15, 0.2) is 30.3 Å². The van der Waals surface area contributed by atoms with Crippen molar-refractivity contribution in [1.29, 1.82) is 0 Å². The molecule has 0 unspecified atom stereocenters. The zero-order valence-corrected chi connectivity index (χ0v) is 10.8. The van der Waals surface area contributed by atoms with Crippen molar-refractivity contribution in [3.63, 3.8) is 0 Å². The maximum atomic E-state index is 6.04. The summed E-state index contributed by atoms with van der Waals surface area (Å²) in [6.07, 6.45) is 0. The molecule has 4 nitrogen and oxygen atoms in total. The molecule has 0 radical (unpaired) electrons. The van der Waals surface area contributed by atoms with Crippen molar-refractivity contribution < 1.29 is 4.74 Å². The summed E-state index contributed by atoms with van der Waals surface area (Å²) in [4.78, 5) is 8.39. The molecule has 0 amide bonds. The van der Waals surface area contributed by atoms with E-state index in [-0.39, 0.29) is 0 Å². The third-order valence-electron chi connectivity index (χ3n) is 2.41. The molecule has 0 saturated heterocycles. The quantitative estimate of drug-likeness (QED) is 0.921. The fraction of sp³-hybridized carbons (Fsp3) is 0.231. The summed E-state index contributed by atoms with van der Waals surface area (Å²) in [5.74, 6) is 0. The van der Waals surface area contributed by atoms with Gasteiger partial charge in [-0.05, 0) is 19.1 Å². The topological polar surface area (TPSA) is 61.0 Å². The van der Waals surface area contributed by atoms with Gasteiger partial charge in [0.2, 0.25) is 0 Å². The van der Waals surface area contributed by atoms with Gasteiger partial charge in [-0.1, -0.05) is 29.8 Å². The van der Waals surface area contributed by atoms with Crippen molar-refractivity contribution in [3.05, 3.63) is 52.3 Å². The Hall–Kier alpha value is -1.65. The summed E-state index contributed by atoms with van der Waals surface area (Å²) in [6.45, 7) is 2.59. The third kappa shape index (κ3) is 3.18. The van der Waals surface area contributed by atoms with Gasteiger partial charge in [-0.2, -0.15) is 4.98 Å². The second-order valence-corrected chi connectivity index (χ2v) is 4.27. The molecule has 0 fully saturated rings. The molecule has 0 saturated carbocycles. The lowest BCUT2D eigenvalue weighted by atomic mass is 10.2. The van der Waals surface area contributed by atoms with Gasteiger partial charge < -0.3 is 10.5 Å². The molecule has 0 aliphatic heterocycles. The number of hydrogen-bond acceptors (Lipinski definition) is 4. The van der Waals surface area contributed by atoms with E-state index in [1.807, 2.05) is 37.3 Å². The van der Waals surface area contributed by atoms with Crippen LogP contribution in [-0.4, -0.2) is 9.97 Å². The summed E-state index contributed by atoms with van der Waals surface area (Å²) in [5, 5.41) is 0.671. The monoisotopic (exact) mass is 263 g/mol. The molecule has 0 aliphatic carbocycles. The highest BCUT2D eigenvalue weighted by molar-refractivity contribution is 6.31. The van der Waals surface area contributed by atoms with E-state index in [9.17, 15) is 0 Å². The molecule has 0 bridgehead atoms. The van der Waals surface area contributed by atoms with Crippen LogP contribution in [0.4, 0.5) is 0 Å². The molecule has 0 spiro atoms. The van der Waals surface area contributed by atoms with E-state index in [4.69, 9.17) is 22.1 Å². The predicted octanol–water partition coefficient (Wildman–Crippen LogP) is 2.48. The molecular formula is C13H14ClN3O. The Morgan fingerprint density at radius 1 is 1.28 bits per heavy atom. The molecular weight excluding hydrogens is 250 g/mol. The van der Waals surface area contributed by atoms with Gasteiger partial charge in [0.25, 0.3) is 0 Å². The van der Waals surface area contributed by atoms with E-state index in [1.165, 1.54) is 0 Å². The van der Waals surface area contributed by atoms with Crippen molar-refractivity contribution >= 4 is 11.6 Å². The van der Waals surface area contributed by atoms with E-state index in [1.54, 1.807) is 0 Å². The van der Waals surface area contributed by atoms with Gasteiger partial charge in [0.15, 0.2) is 0 Å². The van der Waals surface area contributed by atoms with Crippen LogP contribution in [0.1, 0.15) is 17.0 Å². The average molecular weight is 264 g/mol. The summed E-state index contributed by atoms with van der Waals surface area (Å²) in [5.41, 5.74) is 8.05. The van der Waals surface area contributed by atoms with Gasteiger partial charge in [0.1, 0.15) is 6.61 Å². The van der Waals surface area contributed by atoms with E-state index in [0.717, 1.165) is 17.0 Å². The van der Waals surface area contributed by atoms with Crippen molar-refractivity contribution in [2.45, 2.75) is 20.1 Å². The molecule has 0 atom stereocenters. The zero-order chi connectivity index (χ0) is 13.0. The highest BCUT2D eigenvalue weighted by atomic mass is 35.5. The number of benzene rings is 1. The van der Waals surface area contributed by atoms with Gasteiger partial charge in [-0.25, -0.2) is 4.98 Å². The fourth-order valence-corrected chi connectivity index (χ4v) is 1.72. The smallest absolute Gasteiger partial charge is 0.317 e. The van der Waals surface area contributed by atoms with Crippen LogP contribution in [0, 0.1) is 6.92 Å². The number of nitrogens with zero attached hydrogens (tertiary/aromatic N) is 2. The van der Waals surface area contributed by atoms with Crippen LogP contribution in [0.25, 0.3) is 0 Å². The second-order valence-electron chi connectivity index (χ2n) is 3.87. The second kappa shape index (κ2) is 5.80. The molecule has 2 aromatic rings. The summed E-state index contributed by atoms with van der Waals surface area (Å²) in [6, 6.07) is 9.68. The Kier molecular flexibility index (Phi) is 4.12. The minimum Gasteiger partial charge on any atom is -0.459 e. The first-order chi connectivity index (χ1) is 8.69. The molecule has 2 N–H and O–H groups in total. The Bertz CT molecular complexity index is 546. The molecule has 5 heteroatoms. The first kappa shape index (κ1) is 12.8. The van der Waals surface area contributed by atoms with Gasteiger partial charge in [-0.3, -0.25) is 0 Å². The number of aryl methyl sites for hydroxylation is 1. The molecule has 18 heavy (non-hydrogen) atoms. The predicted molar refractivity (Wildman–Crippen MR) is 70.4 cm³/mol. The van der Waals surface area contributed by atoms with Crippen LogP contribution in [0.2, 0.25) is 5.02 Å².